The van der Waals surface area contributed by atoms with E-state index in [0.29, 0.717) is 38.8 Å². The van der Waals surface area contributed by atoms with Crippen molar-refractivity contribution < 1.29 is 19.4 Å². The van der Waals surface area contributed by atoms with E-state index in [1.807, 2.05) is 60.4 Å². The number of rotatable bonds is 13. The first kappa shape index (κ1) is 28.5. The van der Waals surface area contributed by atoms with Crippen LogP contribution in [0.2, 0.25) is 0 Å². The lowest BCUT2D eigenvalue weighted by Gasteiger charge is -2.43. The average Bonchev–Trinajstić information content (AvgIpc) is 2.97. The molecule has 6 heteroatoms. The molecule has 1 fully saturated rings. The smallest absolute Gasteiger partial charge is 0.228 e. The quantitative estimate of drug-likeness (QED) is 0.330. The van der Waals surface area contributed by atoms with Crippen LogP contribution in [-0.2, 0) is 29.0 Å². The summed E-state index contributed by atoms with van der Waals surface area (Å²) in [5.74, 6) is -0.0240. The predicted octanol–water partition coefficient (Wildman–Crippen LogP) is 4.54. The fourth-order valence-electron chi connectivity index (χ4n) is 5.41. The minimum Gasteiger partial charge on any atom is -0.494 e. The number of aliphatic hydroxyl groups is 1. The second-order valence-corrected chi connectivity index (χ2v) is 10.3. The number of piperazine rings is 1. The molecule has 1 aliphatic heterocycles. The van der Waals surface area contributed by atoms with Crippen LogP contribution in [0.3, 0.4) is 0 Å². The SMILES string of the molecule is CCOc1ccc(CCC[C@@H](C(=O)N2CCN(Cc3ccccc3)[C@@H](Cc3ccccc3)C2)[C@H](O)C=O)cc1. The highest BCUT2D eigenvalue weighted by Crippen LogP contribution is 2.23. The first-order valence-corrected chi connectivity index (χ1v) is 14.0. The summed E-state index contributed by atoms with van der Waals surface area (Å²) >= 11 is 0. The molecule has 0 bridgehead atoms. The molecule has 6 nitrogen and oxygen atoms in total. The number of aryl methyl sites for hydroxylation is 1. The van der Waals surface area contributed by atoms with Crippen LogP contribution in [0.25, 0.3) is 0 Å². The maximum atomic E-state index is 13.7. The van der Waals surface area contributed by atoms with E-state index in [2.05, 4.69) is 41.3 Å². The van der Waals surface area contributed by atoms with Crippen molar-refractivity contribution in [2.75, 3.05) is 26.2 Å². The van der Waals surface area contributed by atoms with Gasteiger partial charge < -0.3 is 19.5 Å². The van der Waals surface area contributed by atoms with E-state index in [1.54, 1.807) is 0 Å². The van der Waals surface area contributed by atoms with E-state index >= 15 is 0 Å². The Morgan fingerprint density at radius 2 is 1.62 bits per heavy atom. The number of aldehydes is 1. The Labute approximate surface area is 232 Å². The summed E-state index contributed by atoms with van der Waals surface area (Å²) < 4.78 is 5.51. The number of carbonyl (C=O) groups is 2. The van der Waals surface area contributed by atoms with Crippen LogP contribution in [0.15, 0.2) is 84.9 Å². The lowest BCUT2D eigenvalue weighted by atomic mass is 9.92. The third kappa shape index (κ3) is 8.25. The van der Waals surface area contributed by atoms with Gasteiger partial charge in [0.1, 0.15) is 18.1 Å². The molecule has 0 aliphatic carbocycles. The Balaban J connectivity index is 1.41. The van der Waals surface area contributed by atoms with Gasteiger partial charge in [0.2, 0.25) is 5.91 Å². The number of nitrogens with zero attached hydrogens (tertiary/aromatic N) is 2. The summed E-state index contributed by atoms with van der Waals surface area (Å²) in [4.78, 5) is 29.6. The van der Waals surface area contributed by atoms with E-state index < -0.39 is 12.0 Å². The molecule has 4 rings (SSSR count). The van der Waals surface area contributed by atoms with Crippen molar-refractivity contribution in [1.29, 1.82) is 0 Å². The van der Waals surface area contributed by atoms with E-state index in [1.165, 1.54) is 11.1 Å². The lowest BCUT2D eigenvalue weighted by molar-refractivity contribution is -0.145. The van der Waals surface area contributed by atoms with Crippen molar-refractivity contribution in [3.8, 4) is 5.75 Å². The Bertz CT molecular complexity index is 1150. The number of aliphatic hydroxyl groups excluding tert-OH is 1. The summed E-state index contributed by atoms with van der Waals surface area (Å²) in [7, 11) is 0. The summed E-state index contributed by atoms with van der Waals surface area (Å²) in [6.45, 7) is 5.30. The average molecular weight is 529 g/mol. The zero-order chi connectivity index (χ0) is 27.5. The van der Waals surface area contributed by atoms with Crippen LogP contribution >= 0.6 is 0 Å². The Morgan fingerprint density at radius 3 is 2.26 bits per heavy atom. The molecule has 0 aromatic heterocycles. The molecule has 1 saturated heterocycles. The van der Waals surface area contributed by atoms with Crippen LogP contribution in [-0.4, -0.2) is 65.5 Å². The molecule has 206 valence electrons. The molecule has 0 saturated carbocycles. The van der Waals surface area contributed by atoms with Gasteiger partial charge >= 0.3 is 0 Å². The molecule has 0 spiro atoms. The molecule has 1 aliphatic rings. The highest BCUT2D eigenvalue weighted by atomic mass is 16.5. The van der Waals surface area contributed by atoms with E-state index in [0.717, 1.165) is 37.2 Å². The number of carbonyl (C=O) groups excluding carboxylic acids is 2. The number of ether oxygens (including phenoxy) is 1. The Morgan fingerprint density at radius 1 is 0.949 bits per heavy atom. The van der Waals surface area contributed by atoms with Crippen molar-refractivity contribution in [2.45, 2.75) is 51.3 Å². The van der Waals surface area contributed by atoms with Crippen molar-refractivity contribution in [2.24, 2.45) is 5.92 Å². The second-order valence-electron chi connectivity index (χ2n) is 10.3. The normalized spacial score (nSPS) is 17.4. The molecule has 39 heavy (non-hydrogen) atoms. The van der Waals surface area contributed by atoms with Gasteiger partial charge in [-0.15, -0.1) is 0 Å². The van der Waals surface area contributed by atoms with Crippen molar-refractivity contribution in [3.63, 3.8) is 0 Å². The highest BCUT2D eigenvalue weighted by Gasteiger charge is 2.35. The zero-order valence-corrected chi connectivity index (χ0v) is 22.8. The molecular formula is C33H40N2O4. The summed E-state index contributed by atoms with van der Waals surface area (Å²) in [6.07, 6.45) is 1.97. The molecule has 0 unspecified atom stereocenters. The minimum atomic E-state index is -1.30. The summed E-state index contributed by atoms with van der Waals surface area (Å²) in [5, 5.41) is 10.5. The van der Waals surface area contributed by atoms with Gasteiger partial charge in [0.05, 0.1) is 12.5 Å². The van der Waals surface area contributed by atoms with Gasteiger partial charge in [-0.25, -0.2) is 0 Å². The Kier molecular flexibility index (Phi) is 10.7. The van der Waals surface area contributed by atoms with Crippen molar-refractivity contribution in [3.05, 3.63) is 102 Å². The van der Waals surface area contributed by atoms with Crippen molar-refractivity contribution in [1.82, 2.24) is 9.80 Å². The van der Waals surface area contributed by atoms with Gasteiger partial charge in [0, 0.05) is 32.2 Å². The number of amides is 1. The molecule has 0 radical (unpaired) electrons. The fourth-order valence-corrected chi connectivity index (χ4v) is 5.41. The summed E-state index contributed by atoms with van der Waals surface area (Å²) in [5.41, 5.74) is 3.62. The first-order chi connectivity index (χ1) is 19.1. The predicted molar refractivity (Wildman–Crippen MR) is 153 cm³/mol. The molecule has 3 aromatic rings. The largest absolute Gasteiger partial charge is 0.494 e. The van der Waals surface area contributed by atoms with Crippen LogP contribution in [0.1, 0.15) is 36.5 Å². The highest BCUT2D eigenvalue weighted by molar-refractivity contribution is 5.83. The van der Waals surface area contributed by atoms with Gasteiger partial charge in [-0.1, -0.05) is 72.8 Å². The molecule has 3 atom stereocenters. The van der Waals surface area contributed by atoms with Crippen LogP contribution in [0, 0.1) is 5.92 Å². The zero-order valence-electron chi connectivity index (χ0n) is 22.8. The maximum absolute atomic E-state index is 13.7. The molecule has 1 heterocycles. The summed E-state index contributed by atoms with van der Waals surface area (Å²) in [6, 6.07) is 28.9. The minimum absolute atomic E-state index is 0.126. The van der Waals surface area contributed by atoms with Crippen LogP contribution < -0.4 is 4.74 Å². The van der Waals surface area contributed by atoms with E-state index in [9.17, 15) is 14.7 Å². The van der Waals surface area contributed by atoms with Gasteiger partial charge in [0.25, 0.3) is 0 Å². The second kappa shape index (κ2) is 14.6. The van der Waals surface area contributed by atoms with Crippen LogP contribution in [0.4, 0.5) is 0 Å². The number of hydrogen-bond donors (Lipinski definition) is 1. The maximum Gasteiger partial charge on any atom is 0.228 e. The molecule has 1 amide bonds. The van der Waals surface area contributed by atoms with Gasteiger partial charge in [-0.05, 0) is 61.4 Å². The standard InChI is InChI=1S/C33H40N2O4/c1-2-39-30-18-16-26(17-19-30)14-9-15-31(32(37)25-36)33(38)35-21-20-34(23-28-12-7-4-8-13-28)29(24-35)22-27-10-5-3-6-11-27/h3-8,10-13,16-19,25,29,31-32,37H,2,9,14-15,20-24H2,1H3/t29-,31+,32+/m0/s1. The monoisotopic (exact) mass is 528 g/mol. The lowest BCUT2D eigenvalue weighted by Crippen LogP contribution is -2.57. The van der Waals surface area contributed by atoms with E-state index in [4.69, 9.17) is 4.74 Å². The first-order valence-electron chi connectivity index (χ1n) is 14.0. The van der Waals surface area contributed by atoms with Gasteiger partial charge in [0.15, 0.2) is 0 Å². The number of benzene rings is 3. The fraction of sp³-hybridized carbons (Fsp3) is 0.394. The molecule has 3 aromatic carbocycles. The number of hydrogen-bond acceptors (Lipinski definition) is 5. The Hall–Kier alpha value is -3.48. The molecule has 1 N–H and O–H groups in total. The van der Waals surface area contributed by atoms with Crippen LogP contribution in [0.5, 0.6) is 5.75 Å². The van der Waals surface area contributed by atoms with Crippen molar-refractivity contribution >= 4 is 12.2 Å². The molecular weight excluding hydrogens is 488 g/mol. The third-order valence-electron chi connectivity index (χ3n) is 7.54. The van der Waals surface area contributed by atoms with Gasteiger partial charge in [-0.3, -0.25) is 9.69 Å². The third-order valence-corrected chi connectivity index (χ3v) is 7.54. The van der Waals surface area contributed by atoms with E-state index in [-0.39, 0.29) is 11.9 Å². The topological polar surface area (TPSA) is 70.1 Å². The van der Waals surface area contributed by atoms with Gasteiger partial charge in [-0.2, -0.15) is 0 Å².